The number of carbonyl (C=O) groups is 1. The molecular formula is C26H28N4O3. The Hall–Kier alpha value is -3.58. The highest BCUT2D eigenvalue weighted by Crippen LogP contribution is 2.32. The van der Waals surface area contributed by atoms with Crippen LogP contribution in [0.25, 0.3) is 11.5 Å². The van der Waals surface area contributed by atoms with Crippen molar-refractivity contribution < 1.29 is 13.9 Å². The van der Waals surface area contributed by atoms with E-state index in [2.05, 4.69) is 17.6 Å². The van der Waals surface area contributed by atoms with Gasteiger partial charge in [-0.1, -0.05) is 30.3 Å². The van der Waals surface area contributed by atoms with Gasteiger partial charge in [-0.2, -0.15) is 0 Å². The zero-order chi connectivity index (χ0) is 22.9. The minimum atomic E-state index is -0.255. The van der Waals surface area contributed by atoms with E-state index < -0.39 is 0 Å². The molecule has 7 heteroatoms. The summed E-state index contributed by atoms with van der Waals surface area (Å²) in [5.41, 5.74) is 7.42. The lowest BCUT2D eigenvalue weighted by atomic mass is 10.0. The summed E-state index contributed by atoms with van der Waals surface area (Å²) in [6.07, 6.45) is 4.44. The molecule has 2 unspecified atom stereocenters. The number of hydrazine groups is 1. The molecule has 1 saturated heterocycles. The van der Waals surface area contributed by atoms with Crippen LogP contribution in [-0.4, -0.2) is 33.4 Å². The molecule has 3 aromatic rings. The van der Waals surface area contributed by atoms with E-state index in [9.17, 15) is 4.79 Å². The number of aromatic nitrogens is 1. The van der Waals surface area contributed by atoms with E-state index in [1.165, 1.54) is 0 Å². The topological polar surface area (TPSA) is 70.8 Å². The molecule has 0 radical (unpaired) electrons. The first-order valence-electron chi connectivity index (χ1n) is 11.3. The fourth-order valence-electron chi connectivity index (χ4n) is 4.41. The Morgan fingerprint density at radius 1 is 1.12 bits per heavy atom. The van der Waals surface area contributed by atoms with Gasteiger partial charge in [-0.3, -0.25) is 4.79 Å². The van der Waals surface area contributed by atoms with Gasteiger partial charge in [0.25, 0.3) is 5.91 Å². The summed E-state index contributed by atoms with van der Waals surface area (Å²) in [5.74, 6) is 2.23. The molecule has 1 aromatic heterocycles. The summed E-state index contributed by atoms with van der Waals surface area (Å²) in [6, 6.07) is 15.9. The lowest BCUT2D eigenvalue weighted by Crippen LogP contribution is -2.47. The van der Waals surface area contributed by atoms with Crippen LogP contribution in [0.15, 0.2) is 65.3 Å². The van der Waals surface area contributed by atoms with Gasteiger partial charge in [-0.05, 0) is 56.5 Å². The molecule has 2 aromatic carbocycles. The summed E-state index contributed by atoms with van der Waals surface area (Å²) >= 11 is 0. The molecule has 2 aliphatic heterocycles. The number of benzene rings is 2. The van der Waals surface area contributed by atoms with Crippen LogP contribution in [0.2, 0.25) is 0 Å². The van der Waals surface area contributed by atoms with Gasteiger partial charge < -0.3 is 19.1 Å². The summed E-state index contributed by atoms with van der Waals surface area (Å²) < 4.78 is 11.5. The van der Waals surface area contributed by atoms with Gasteiger partial charge in [-0.25, -0.2) is 10.4 Å². The highest BCUT2D eigenvalue weighted by molar-refractivity contribution is 5.84. The van der Waals surface area contributed by atoms with Gasteiger partial charge in [0.05, 0.1) is 19.2 Å². The molecule has 0 bridgehead atoms. The molecule has 7 nitrogen and oxygen atoms in total. The van der Waals surface area contributed by atoms with E-state index in [1.807, 2.05) is 74.6 Å². The van der Waals surface area contributed by atoms with Crippen LogP contribution >= 0.6 is 0 Å². The number of nitrogens with zero attached hydrogens (tertiary/aromatic N) is 3. The monoisotopic (exact) mass is 444 g/mol. The number of nitrogens with one attached hydrogen (secondary N) is 1. The fourth-order valence-corrected chi connectivity index (χ4v) is 4.41. The van der Waals surface area contributed by atoms with Crippen molar-refractivity contribution in [1.29, 1.82) is 0 Å². The molecule has 1 N–H and O–H groups in total. The van der Waals surface area contributed by atoms with Crippen molar-refractivity contribution in [3.63, 3.8) is 0 Å². The predicted octanol–water partition coefficient (Wildman–Crippen LogP) is 4.49. The molecule has 0 spiro atoms. The molecule has 0 saturated carbocycles. The Morgan fingerprint density at radius 2 is 1.91 bits per heavy atom. The SMILES string of the molecule is CCOc1ccc(C2CC3C(=O)N(Cc4nc(-c5ccccc5C)oc4C)C=CN3N2)cc1. The van der Waals surface area contributed by atoms with E-state index in [0.717, 1.165) is 33.9 Å². The van der Waals surface area contributed by atoms with Crippen LogP contribution in [0.4, 0.5) is 0 Å². The van der Waals surface area contributed by atoms with E-state index in [-0.39, 0.29) is 18.0 Å². The maximum atomic E-state index is 13.3. The number of hydrogen-bond acceptors (Lipinski definition) is 6. The molecule has 1 amide bonds. The third kappa shape index (κ3) is 4.12. The zero-order valence-electron chi connectivity index (χ0n) is 19.1. The summed E-state index contributed by atoms with van der Waals surface area (Å²) in [6.45, 7) is 6.93. The molecule has 0 aliphatic carbocycles. The van der Waals surface area contributed by atoms with Gasteiger partial charge in [-0.15, -0.1) is 0 Å². The minimum Gasteiger partial charge on any atom is -0.494 e. The summed E-state index contributed by atoms with van der Waals surface area (Å²) in [7, 11) is 0. The van der Waals surface area contributed by atoms with E-state index in [1.54, 1.807) is 4.90 Å². The number of amides is 1. The Morgan fingerprint density at radius 3 is 2.67 bits per heavy atom. The van der Waals surface area contributed by atoms with Crippen molar-refractivity contribution >= 4 is 5.91 Å². The predicted molar refractivity (Wildman–Crippen MR) is 125 cm³/mol. The number of carbonyl (C=O) groups excluding carboxylic acids is 1. The van der Waals surface area contributed by atoms with Gasteiger partial charge in [0.15, 0.2) is 0 Å². The van der Waals surface area contributed by atoms with Gasteiger partial charge in [0, 0.05) is 18.0 Å². The molecule has 2 atom stereocenters. The van der Waals surface area contributed by atoms with Gasteiger partial charge in [0.1, 0.15) is 23.2 Å². The quantitative estimate of drug-likeness (QED) is 0.604. The number of aryl methyl sites for hydroxylation is 2. The Kier molecular flexibility index (Phi) is 5.64. The lowest BCUT2D eigenvalue weighted by Gasteiger charge is -2.31. The van der Waals surface area contributed by atoms with Crippen molar-refractivity contribution in [3.05, 3.63) is 83.5 Å². The molecule has 1 fully saturated rings. The molecular weight excluding hydrogens is 416 g/mol. The molecule has 5 rings (SSSR count). The van der Waals surface area contributed by atoms with Crippen molar-refractivity contribution in [1.82, 2.24) is 20.3 Å². The first-order valence-corrected chi connectivity index (χ1v) is 11.3. The highest BCUT2D eigenvalue weighted by atomic mass is 16.5. The van der Waals surface area contributed by atoms with Gasteiger partial charge >= 0.3 is 0 Å². The minimum absolute atomic E-state index is 0.0540. The average molecular weight is 445 g/mol. The van der Waals surface area contributed by atoms with Crippen molar-refractivity contribution in [3.8, 4) is 17.2 Å². The maximum Gasteiger partial charge on any atom is 0.251 e. The van der Waals surface area contributed by atoms with Crippen LogP contribution in [0.5, 0.6) is 5.75 Å². The lowest BCUT2D eigenvalue weighted by molar-refractivity contribution is -0.135. The Balaban J connectivity index is 1.29. The Bertz CT molecular complexity index is 1180. The van der Waals surface area contributed by atoms with Crippen molar-refractivity contribution in [2.75, 3.05) is 6.61 Å². The normalized spacial score (nSPS) is 19.8. The smallest absolute Gasteiger partial charge is 0.251 e. The van der Waals surface area contributed by atoms with E-state index in [4.69, 9.17) is 14.1 Å². The standard InChI is InChI=1S/C26H28N4O3/c1-4-32-20-11-9-19(10-12-20)22-15-24-26(31)29(13-14-30(24)28-22)16-23-18(3)33-25(27-23)21-8-6-5-7-17(21)2/h5-14,22,24,28H,4,15-16H2,1-3H3. The number of ether oxygens (including phenoxy) is 1. The number of oxazole rings is 1. The van der Waals surface area contributed by atoms with Crippen LogP contribution < -0.4 is 10.2 Å². The third-order valence-electron chi connectivity index (χ3n) is 6.26. The van der Waals surface area contributed by atoms with Crippen molar-refractivity contribution in [2.24, 2.45) is 0 Å². The number of hydrogen-bond donors (Lipinski definition) is 1. The maximum absolute atomic E-state index is 13.3. The van der Waals surface area contributed by atoms with E-state index >= 15 is 0 Å². The largest absolute Gasteiger partial charge is 0.494 e. The van der Waals surface area contributed by atoms with E-state index in [0.29, 0.717) is 25.5 Å². The first-order chi connectivity index (χ1) is 16.0. The van der Waals surface area contributed by atoms with Crippen LogP contribution in [0, 0.1) is 13.8 Å². The Labute approximate surface area is 193 Å². The van der Waals surface area contributed by atoms with Crippen molar-refractivity contribution in [2.45, 2.75) is 45.8 Å². The molecule has 170 valence electrons. The van der Waals surface area contributed by atoms with Gasteiger partial charge in [0.2, 0.25) is 5.89 Å². The van der Waals surface area contributed by atoms with Crippen LogP contribution in [-0.2, 0) is 11.3 Å². The molecule has 33 heavy (non-hydrogen) atoms. The van der Waals surface area contributed by atoms with Crippen LogP contribution in [0.1, 0.15) is 42.0 Å². The number of fused-ring (bicyclic) bond motifs is 1. The highest BCUT2D eigenvalue weighted by Gasteiger charge is 2.40. The second-order valence-corrected chi connectivity index (χ2v) is 8.44. The second kappa shape index (κ2) is 8.75. The second-order valence-electron chi connectivity index (χ2n) is 8.44. The molecule has 3 heterocycles. The average Bonchev–Trinajstić information content (AvgIpc) is 3.41. The zero-order valence-corrected chi connectivity index (χ0v) is 19.1. The third-order valence-corrected chi connectivity index (χ3v) is 6.26. The fraction of sp³-hybridized carbons (Fsp3) is 0.308. The summed E-state index contributed by atoms with van der Waals surface area (Å²) in [5, 5.41) is 1.91. The number of rotatable bonds is 6. The summed E-state index contributed by atoms with van der Waals surface area (Å²) in [4.78, 5) is 19.7. The van der Waals surface area contributed by atoms with Crippen LogP contribution in [0.3, 0.4) is 0 Å². The first kappa shape index (κ1) is 21.3. The molecule has 2 aliphatic rings.